The van der Waals surface area contributed by atoms with Gasteiger partial charge in [-0.1, -0.05) is 23.7 Å². The molecule has 0 saturated heterocycles. The maximum Gasteiger partial charge on any atom is 0.267 e. The number of aromatic nitrogens is 3. The number of carbonyl (C=O) groups is 1. The Morgan fingerprint density at radius 3 is 2.64 bits per heavy atom. The summed E-state index contributed by atoms with van der Waals surface area (Å²) in [5.41, 5.74) is 10.2. The van der Waals surface area contributed by atoms with Crippen LogP contribution in [0.25, 0.3) is 10.9 Å². The van der Waals surface area contributed by atoms with Crippen molar-refractivity contribution in [3.8, 4) is 6.07 Å². The van der Waals surface area contributed by atoms with Gasteiger partial charge in [-0.05, 0) is 55.8 Å². The van der Waals surface area contributed by atoms with E-state index in [9.17, 15) is 9.90 Å². The van der Waals surface area contributed by atoms with Crippen LogP contribution in [-0.2, 0) is 6.54 Å². The second-order valence-corrected chi connectivity index (χ2v) is 8.12. The number of nitrogens with zero attached hydrogens (tertiary/aromatic N) is 4. The van der Waals surface area contributed by atoms with E-state index in [4.69, 9.17) is 22.6 Å². The molecule has 9 heteroatoms. The minimum atomic E-state index is -1.17. The number of aryl methyl sites for hydroxylation is 1. The summed E-state index contributed by atoms with van der Waals surface area (Å²) in [7, 11) is 0. The summed E-state index contributed by atoms with van der Waals surface area (Å²) in [6.07, 6.45) is -1.17. The van der Waals surface area contributed by atoms with E-state index in [-0.39, 0.29) is 5.69 Å². The summed E-state index contributed by atoms with van der Waals surface area (Å²) in [6.45, 7) is 4.25. The van der Waals surface area contributed by atoms with Crippen LogP contribution < -0.4 is 11.1 Å². The van der Waals surface area contributed by atoms with Gasteiger partial charge in [-0.3, -0.25) is 9.48 Å². The summed E-state index contributed by atoms with van der Waals surface area (Å²) >= 11 is 6.16. The van der Waals surface area contributed by atoms with Crippen molar-refractivity contribution < 1.29 is 9.90 Å². The Bertz CT molecular complexity index is 1410. The van der Waals surface area contributed by atoms with E-state index in [1.165, 1.54) is 6.07 Å². The van der Waals surface area contributed by atoms with Crippen molar-refractivity contribution in [1.82, 2.24) is 14.8 Å². The lowest BCUT2D eigenvalue weighted by Gasteiger charge is -2.18. The Labute approximate surface area is 195 Å². The lowest BCUT2D eigenvalue weighted by atomic mass is 10.1. The Morgan fingerprint density at radius 2 is 1.97 bits per heavy atom. The molecule has 0 radical (unpaired) electrons. The van der Waals surface area contributed by atoms with Crippen LogP contribution in [0.15, 0.2) is 48.5 Å². The van der Waals surface area contributed by atoms with Crippen LogP contribution in [0.2, 0.25) is 5.02 Å². The van der Waals surface area contributed by atoms with E-state index < -0.39 is 12.1 Å². The molecule has 0 aliphatic rings. The van der Waals surface area contributed by atoms with Gasteiger partial charge < -0.3 is 16.2 Å². The molecule has 2 heterocycles. The van der Waals surface area contributed by atoms with Gasteiger partial charge in [0.2, 0.25) is 0 Å². The van der Waals surface area contributed by atoms with Gasteiger partial charge >= 0.3 is 0 Å². The van der Waals surface area contributed by atoms with Gasteiger partial charge in [0, 0.05) is 16.0 Å². The lowest BCUT2D eigenvalue weighted by molar-refractivity contribution is 0.0995. The topological polar surface area (TPSA) is 130 Å². The summed E-state index contributed by atoms with van der Waals surface area (Å²) in [5.74, 6) is -0.692. The molecule has 0 aliphatic carbocycles. The normalized spacial score (nSPS) is 11.8. The first-order valence-electron chi connectivity index (χ1n) is 10.1. The highest BCUT2D eigenvalue weighted by molar-refractivity contribution is 6.31. The minimum Gasteiger partial charge on any atom is -0.369 e. The molecule has 1 unspecified atom stereocenters. The fraction of sp³-hybridized carbons (Fsp3) is 0.167. The maximum atomic E-state index is 11.8. The third-order valence-corrected chi connectivity index (χ3v) is 5.66. The molecule has 2 aromatic carbocycles. The van der Waals surface area contributed by atoms with Crippen molar-refractivity contribution in [2.45, 2.75) is 26.6 Å². The second-order valence-electron chi connectivity index (χ2n) is 7.68. The molecule has 1 atom stereocenters. The maximum absolute atomic E-state index is 11.8. The molecule has 1 amide bonds. The van der Waals surface area contributed by atoms with Gasteiger partial charge in [-0.15, -0.1) is 0 Å². The van der Waals surface area contributed by atoms with Crippen molar-refractivity contribution >= 4 is 34.1 Å². The molecular formula is C24H21ClN6O2. The number of benzene rings is 2. The number of amides is 1. The van der Waals surface area contributed by atoms with Crippen LogP contribution >= 0.6 is 11.6 Å². The first kappa shape index (κ1) is 22.3. The predicted molar refractivity (Wildman–Crippen MR) is 126 cm³/mol. The Kier molecular flexibility index (Phi) is 6.01. The number of hydrogen-bond acceptors (Lipinski definition) is 6. The smallest absolute Gasteiger partial charge is 0.267 e. The number of halogens is 1. The fourth-order valence-electron chi connectivity index (χ4n) is 3.71. The third kappa shape index (κ3) is 4.51. The molecule has 8 nitrogen and oxygen atoms in total. The van der Waals surface area contributed by atoms with Crippen molar-refractivity contribution in [1.29, 1.82) is 5.26 Å². The van der Waals surface area contributed by atoms with E-state index in [1.54, 1.807) is 30.3 Å². The van der Waals surface area contributed by atoms with E-state index in [0.29, 0.717) is 45.0 Å². The molecule has 2 aromatic heterocycles. The third-order valence-electron chi connectivity index (χ3n) is 5.43. The number of anilines is 1. The standard InChI is InChI=1S/C24H21ClN6O2/c1-13-22(14(2)31(30-13)12-16-5-3-15(11-26)4-6-16)29-24(33)19-10-21(23(27)32)28-20-8-7-17(25)9-18(19)20/h3-10,24,29,33H,12H2,1-2H3,(H2,27,32). The Hall–Kier alpha value is -3.93. The molecule has 4 rings (SSSR count). The van der Waals surface area contributed by atoms with Gasteiger partial charge in [0.25, 0.3) is 5.91 Å². The predicted octanol–water partition coefficient (Wildman–Crippen LogP) is 3.82. The first-order chi connectivity index (χ1) is 15.8. The second kappa shape index (κ2) is 8.90. The molecule has 166 valence electrons. The Morgan fingerprint density at radius 1 is 1.24 bits per heavy atom. The van der Waals surface area contributed by atoms with Crippen LogP contribution in [0.4, 0.5) is 5.69 Å². The first-order valence-corrected chi connectivity index (χ1v) is 10.5. The van der Waals surface area contributed by atoms with Crippen molar-refractivity contribution in [3.05, 3.63) is 87.3 Å². The van der Waals surface area contributed by atoms with Crippen LogP contribution in [0.3, 0.4) is 0 Å². The number of nitrogens with one attached hydrogen (secondary N) is 1. The van der Waals surface area contributed by atoms with Crippen molar-refractivity contribution in [3.63, 3.8) is 0 Å². The quantitative estimate of drug-likeness (QED) is 0.375. The van der Waals surface area contributed by atoms with Gasteiger partial charge in [-0.25, -0.2) is 4.98 Å². The van der Waals surface area contributed by atoms with Gasteiger partial charge in [0.05, 0.1) is 40.8 Å². The average Bonchev–Trinajstić information content (AvgIpc) is 3.06. The zero-order valence-corrected chi connectivity index (χ0v) is 18.8. The number of fused-ring (bicyclic) bond motifs is 1. The molecule has 0 bridgehead atoms. The van der Waals surface area contributed by atoms with Crippen LogP contribution in [0, 0.1) is 25.2 Å². The van der Waals surface area contributed by atoms with Gasteiger partial charge in [0.15, 0.2) is 6.23 Å². The number of primary amides is 1. The summed E-state index contributed by atoms with van der Waals surface area (Å²) in [4.78, 5) is 16.0. The fourth-order valence-corrected chi connectivity index (χ4v) is 3.88. The SMILES string of the molecule is Cc1nn(Cc2ccc(C#N)cc2)c(C)c1NC(O)c1cc(C(N)=O)nc2ccc(Cl)cc12. The highest BCUT2D eigenvalue weighted by atomic mass is 35.5. The molecule has 4 aromatic rings. The summed E-state index contributed by atoms with van der Waals surface area (Å²) in [5, 5.41) is 28.8. The number of nitrogens with two attached hydrogens (primary N) is 1. The number of pyridine rings is 1. The van der Waals surface area contributed by atoms with Crippen LogP contribution in [0.5, 0.6) is 0 Å². The van der Waals surface area contributed by atoms with Crippen molar-refractivity contribution in [2.24, 2.45) is 5.73 Å². The van der Waals surface area contributed by atoms with E-state index in [2.05, 4.69) is 21.5 Å². The molecule has 0 aliphatic heterocycles. The molecule has 0 saturated carbocycles. The number of nitriles is 1. The Balaban J connectivity index is 1.67. The van der Waals surface area contributed by atoms with Crippen LogP contribution in [-0.4, -0.2) is 25.8 Å². The molecule has 0 fully saturated rings. The highest BCUT2D eigenvalue weighted by Crippen LogP contribution is 2.30. The highest BCUT2D eigenvalue weighted by Gasteiger charge is 2.20. The van der Waals surface area contributed by atoms with Gasteiger partial charge in [-0.2, -0.15) is 10.4 Å². The van der Waals surface area contributed by atoms with Crippen molar-refractivity contribution in [2.75, 3.05) is 5.32 Å². The zero-order valence-electron chi connectivity index (χ0n) is 18.0. The molecular weight excluding hydrogens is 440 g/mol. The number of rotatable bonds is 6. The number of aliphatic hydroxyl groups excluding tert-OH is 1. The van der Waals surface area contributed by atoms with E-state index in [1.807, 2.05) is 30.7 Å². The number of aliphatic hydroxyl groups is 1. The summed E-state index contributed by atoms with van der Waals surface area (Å²) in [6, 6.07) is 15.9. The monoisotopic (exact) mass is 460 g/mol. The molecule has 0 spiro atoms. The number of hydrogen-bond donors (Lipinski definition) is 3. The van der Waals surface area contributed by atoms with E-state index >= 15 is 0 Å². The van der Waals surface area contributed by atoms with E-state index in [0.717, 1.165) is 11.3 Å². The largest absolute Gasteiger partial charge is 0.369 e. The van der Waals surface area contributed by atoms with Crippen LogP contribution in [0.1, 0.15) is 44.8 Å². The molecule has 33 heavy (non-hydrogen) atoms. The zero-order chi connectivity index (χ0) is 23.7. The minimum absolute atomic E-state index is 0.0469. The molecule has 4 N–H and O–H groups in total. The van der Waals surface area contributed by atoms with Gasteiger partial charge in [0.1, 0.15) is 5.69 Å². The average molecular weight is 461 g/mol. The lowest BCUT2D eigenvalue weighted by Crippen LogP contribution is -2.17. The summed E-state index contributed by atoms with van der Waals surface area (Å²) < 4.78 is 1.82. The number of carbonyl (C=O) groups excluding carboxylic acids is 1.